The Morgan fingerprint density at radius 1 is 1.11 bits per heavy atom. The Labute approximate surface area is 109 Å². The van der Waals surface area contributed by atoms with Gasteiger partial charge < -0.3 is 30.5 Å². The molecule has 0 aromatic carbocycles. The van der Waals surface area contributed by atoms with Gasteiger partial charge >= 0.3 is 5.97 Å². The summed E-state index contributed by atoms with van der Waals surface area (Å²) in [7, 11) is 0. The molecule has 0 aliphatic carbocycles. The van der Waals surface area contributed by atoms with E-state index in [1.807, 2.05) is 0 Å². The van der Waals surface area contributed by atoms with E-state index in [0.717, 1.165) is 0 Å². The third-order valence-electron chi connectivity index (χ3n) is 2.56. The summed E-state index contributed by atoms with van der Waals surface area (Å²) >= 11 is 0. The first-order valence-electron chi connectivity index (χ1n) is 5.62. The molecule has 0 radical (unpaired) electrons. The predicted octanol–water partition coefficient (Wildman–Crippen LogP) is -2.04. The van der Waals surface area contributed by atoms with Gasteiger partial charge in [0, 0.05) is 6.08 Å². The molecule has 1 saturated heterocycles. The van der Waals surface area contributed by atoms with Crippen LogP contribution in [0.25, 0.3) is 0 Å². The molecule has 0 aromatic heterocycles. The molecule has 0 unspecified atom stereocenters. The summed E-state index contributed by atoms with van der Waals surface area (Å²) in [4.78, 5) is 22.3. The van der Waals surface area contributed by atoms with Crippen LogP contribution in [0, 0.1) is 0 Å². The van der Waals surface area contributed by atoms with Crippen molar-refractivity contribution in [3.05, 3.63) is 11.6 Å². The van der Waals surface area contributed by atoms with Gasteiger partial charge in [0.1, 0.15) is 18.3 Å². The largest absolute Gasteiger partial charge is 0.479 e. The molecule has 8 nitrogen and oxygen atoms in total. The first kappa shape index (κ1) is 15.6. The summed E-state index contributed by atoms with van der Waals surface area (Å²) in [6.07, 6.45) is -7.04. The van der Waals surface area contributed by atoms with E-state index in [0.29, 0.717) is 5.57 Å². The average Bonchev–Trinajstić information content (AvgIpc) is 2.28. The number of allylic oxidation sites excluding steroid dienone is 1. The Hall–Kier alpha value is -1.48. The summed E-state index contributed by atoms with van der Waals surface area (Å²) in [6.45, 7) is 3.35. The zero-order valence-electron chi connectivity index (χ0n) is 10.5. The Kier molecular flexibility index (Phi) is 5.01. The first-order chi connectivity index (χ1) is 8.73. The van der Waals surface area contributed by atoms with Crippen LogP contribution in [0.3, 0.4) is 0 Å². The van der Waals surface area contributed by atoms with Crippen molar-refractivity contribution < 1.29 is 34.8 Å². The number of aliphatic hydroxyl groups excluding tert-OH is 3. The number of carboxylic acids is 1. The van der Waals surface area contributed by atoms with Crippen LogP contribution in [0.2, 0.25) is 0 Å². The number of rotatable bonds is 3. The van der Waals surface area contributed by atoms with Gasteiger partial charge in [0.25, 0.3) is 0 Å². The summed E-state index contributed by atoms with van der Waals surface area (Å²) in [5.41, 5.74) is 0.693. The zero-order valence-corrected chi connectivity index (χ0v) is 10.5. The van der Waals surface area contributed by atoms with Crippen LogP contribution in [0.15, 0.2) is 11.6 Å². The first-order valence-corrected chi connectivity index (χ1v) is 5.62. The molecule has 5 N–H and O–H groups in total. The van der Waals surface area contributed by atoms with Crippen LogP contribution in [0.1, 0.15) is 13.8 Å². The minimum absolute atomic E-state index is 0.600. The summed E-state index contributed by atoms with van der Waals surface area (Å²) < 4.78 is 4.87. The molecule has 1 fully saturated rings. The van der Waals surface area contributed by atoms with E-state index in [9.17, 15) is 24.9 Å². The molecule has 0 bridgehead atoms. The van der Waals surface area contributed by atoms with Crippen LogP contribution < -0.4 is 5.32 Å². The van der Waals surface area contributed by atoms with E-state index in [-0.39, 0.29) is 0 Å². The molecule has 19 heavy (non-hydrogen) atoms. The van der Waals surface area contributed by atoms with Gasteiger partial charge in [0.2, 0.25) is 5.91 Å². The van der Waals surface area contributed by atoms with Gasteiger partial charge in [-0.05, 0) is 13.8 Å². The smallest absolute Gasteiger partial charge is 0.335 e. The lowest BCUT2D eigenvalue weighted by Gasteiger charge is -2.38. The van der Waals surface area contributed by atoms with E-state index in [1.54, 1.807) is 13.8 Å². The molecule has 1 amide bonds. The summed E-state index contributed by atoms with van der Waals surface area (Å²) in [5.74, 6) is -2.10. The maximum atomic E-state index is 11.5. The minimum atomic E-state index is -1.77. The molecule has 8 heteroatoms. The highest BCUT2D eigenvalue weighted by Crippen LogP contribution is 2.20. The molecule has 108 valence electrons. The SMILES string of the molecule is CC(C)=CC(=O)N[C@@H]1O[C@H](C(=O)O)[C@@H](O)[C@H](O)[C@H]1O. The van der Waals surface area contributed by atoms with Crippen molar-refractivity contribution in [2.75, 3.05) is 0 Å². The number of hydrogen-bond donors (Lipinski definition) is 5. The summed E-state index contributed by atoms with van der Waals surface area (Å²) in [6, 6.07) is 0. The average molecular weight is 275 g/mol. The van der Waals surface area contributed by atoms with Gasteiger partial charge in [-0.1, -0.05) is 5.57 Å². The Morgan fingerprint density at radius 3 is 2.16 bits per heavy atom. The van der Waals surface area contributed by atoms with Gasteiger partial charge in [-0.3, -0.25) is 4.79 Å². The monoisotopic (exact) mass is 275 g/mol. The third-order valence-corrected chi connectivity index (χ3v) is 2.56. The number of amides is 1. The fraction of sp³-hybridized carbons (Fsp3) is 0.636. The van der Waals surface area contributed by atoms with E-state index >= 15 is 0 Å². The molecule has 1 aliphatic rings. The standard InChI is InChI=1S/C11H17NO7/c1-4(2)3-5(13)12-10-8(16)6(14)7(15)9(19-10)11(17)18/h3,6-10,14-16H,1-2H3,(H,12,13)(H,17,18)/t6-,7-,8+,9-,10+/m0/s1. The van der Waals surface area contributed by atoms with Crippen LogP contribution in [-0.4, -0.2) is 62.9 Å². The number of carboxylic acid groups (broad SMARTS) is 1. The fourth-order valence-corrected chi connectivity index (χ4v) is 1.65. The molecule has 1 rings (SSSR count). The molecule has 5 atom stereocenters. The normalized spacial score (nSPS) is 34.5. The van der Waals surface area contributed by atoms with E-state index in [2.05, 4.69) is 5.32 Å². The van der Waals surface area contributed by atoms with Crippen LogP contribution in [0.4, 0.5) is 0 Å². The van der Waals surface area contributed by atoms with Gasteiger partial charge in [0.15, 0.2) is 12.3 Å². The second-order valence-corrected chi connectivity index (χ2v) is 4.52. The fourth-order valence-electron chi connectivity index (χ4n) is 1.65. The van der Waals surface area contributed by atoms with Gasteiger partial charge in [-0.25, -0.2) is 4.79 Å². The number of carbonyl (C=O) groups excluding carboxylic acids is 1. The Balaban J connectivity index is 2.80. The molecule has 0 aromatic rings. The van der Waals surface area contributed by atoms with Gasteiger partial charge in [-0.15, -0.1) is 0 Å². The summed E-state index contributed by atoms with van der Waals surface area (Å²) in [5, 5.41) is 39.6. The van der Waals surface area contributed by atoms with E-state index < -0.39 is 42.5 Å². The van der Waals surface area contributed by atoms with Crippen molar-refractivity contribution in [1.82, 2.24) is 5.32 Å². The number of ether oxygens (including phenoxy) is 1. The number of carbonyl (C=O) groups is 2. The predicted molar refractivity (Wildman–Crippen MR) is 61.9 cm³/mol. The molecule has 1 heterocycles. The van der Waals surface area contributed by atoms with Crippen molar-refractivity contribution in [3.8, 4) is 0 Å². The minimum Gasteiger partial charge on any atom is -0.479 e. The topological polar surface area (TPSA) is 136 Å². The van der Waals surface area contributed by atoms with Crippen LogP contribution in [0.5, 0.6) is 0 Å². The maximum Gasteiger partial charge on any atom is 0.335 e. The Bertz CT molecular complexity index is 391. The molecule has 1 aliphatic heterocycles. The molecule has 0 spiro atoms. The lowest BCUT2D eigenvalue weighted by molar-refractivity contribution is -0.233. The number of hydrogen-bond acceptors (Lipinski definition) is 6. The Morgan fingerprint density at radius 2 is 1.68 bits per heavy atom. The van der Waals surface area contributed by atoms with E-state index in [4.69, 9.17) is 9.84 Å². The molecular weight excluding hydrogens is 258 g/mol. The van der Waals surface area contributed by atoms with Crippen molar-refractivity contribution in [2.24, 2.45) is 0 Å². The molecule has 0 saturated carbocycles. The molecular formula is C11H17NO7. The van der Waals surface area contributed by atoms with Crippen molar-refractivity contribution in [3.63, 3.8) is 0 Å². The van der Waals surface area contributed by atoms with Crippen molar-refractivity contribution in [2.45, 2.75) is 44.5 Å². The zero-order chi connectivity index (χ0) is 14.7. The highest BCUT2D eigenvalue weighted by atomic mass is 16.6. The third kappa shape index (κ3) is 3.74. The van der Waals surface area contributed by atoms with Crippen molar-refractivity contribution >= 4 is 11.9 Å². The second-order valence-electron chi connectivity index (χ2n) is 4.52. The van der Waals surface area contributed by atoms with E-state index in [1.165, 1.54) is 6.08 Å². The van der Waals surface area contributed by atoms with Crippen LogP contribution >= 0.6 is 0 Å². The lowest BCUT2D eigenvalue weighted by Crippen LogP contribution is -2.64. The highest BCUT2D eigenvalue weighted by Gasteiger charge is 2.47. The lowest BCUT2D eigenvalue weighted by atomic mass is 9.98. The highest BCUT2D eigenvalue weighted by molar-refractivity contribution is 5.88. The second kappa shape index (κ2) is 6.11. The van der Waals surface area contributed by atoms with Crippen molar-refractivity contribution in [1.29, 1.82) is 0 Å². The van der Waals surface area contributed by atoms with Gasteiger partial charge in [-0.2, -0.15) is 0 Å². The maximum absolute atomic E-state index is 11.5. The number of nitrogens with one attached hydrogen (secondary N) is 1. The number of aliphatic hydroxyl groups is 3. The van der Waals surface area contributed by atoms with Gasteiger partial charge in [0.05, 0.1) is 0 Å². The quantitative estimate of drug-likeness (QED) is 0.374. The van der Waals surface area contributed by atoms with Crippen LogP contribution in [-0.2, 0) is 14.3 Å². The number of aliphatic carboxylic acids is 1.